The maximum atomic E-state index is 12.6. The van der Waals surface area contributed by atoms with Crippen LogP contribution in [0.4, 0.5) is 0 Å². The normalized spacial score (nSPS) is 28.5. The quantitative estimate of drug-likeness (QED) is 0.577. The number of carbonyl (C=O) groups excluding carboxylic acids is 3. The minimum atomic E-state index is -0.461. The third-order valence-electron chi connectivity index (χ3n) is 4.92. The van der Waals surface area contributed by atoms with Gasteiger partial charge in [-0.25, -0.2) is 0 Å². The predicted octanol–water partition coefficient (Wildman–Crippen LogP) is 1.15. The van der Waals surface area contributed by atoms with Crippen molar-refractivity contribution in [1.82, 2.24) is 10.2 Å². The number of ether oxygens (including phenoxy) is 1. The van der Waals surface area contributed by atoms with Crippen LogP contribution < -0.4 is 5.32 Å². The molecule has 1 saturated heterocycles. The van der Waals surface area contributed by atoms with Crippen molar-refractivity contribution in [2.75, 3.05) is 19.8 Å². The summed E-state index contributed by atoms with van der Waals surface area (Å²) in [7, 11) is 0. The Morgan fingerprint density at radius 3 is 2.92 bits per heavy atom. The third-order valence-corrected chi connectivity index (χ3v) is 4.92. The van der Waals surface area contributed by atoms with Crippen LogP contribution in [0.2, 0.25) is 0 Å². The van der Waals surface area contributed by atoms with Crippen LogP contribution >= 0.6 is 0 Å². The molecule has 3 atom stereocenters. The van der Waals surface area contributed by atoms with Crippen molar-refractivity contribution < 1.29 is 24.2 Å². The molecule has 2 amide bonds. The van der Waals surface area contributed by atoms with Crippen LogP contribution in [0.3, 0.4) is 0 Å². The van der Waals surface area contributed by atoms with Crippen molar-refractivity contribution in [2.45, 2.75) is 64.0 Å². The van der Waals surface area contributed by atoms with Gasteiger partial charge in [-0.1, -0.05) is 12.2 Å². The summed E-state index contributed by atoms with van der Waals surface area (Å²) >= 11 is 0. The van der Waals surface area contributed by atoms with Crippen molar-refractivity contribution in [3.63, 3.8) is 0 Å². The number of aliphatic hydroxyl groups is 1. The van der Waals surface area contributed by atoms with E-state index in [4.69, 9.17) is 4.74 Å². The van der Waals surface area contributed by atoms with Gasteiger partial charge in [0.1, 0.15) is 6.61 Å². The molecule has 0 bridgehead atoms. The van der Waals surface area contributed by atoms with E-state index in [1.807, 2.05) is 12.2 Å². The molecule has 2 N–H and O–H groups in total. The van der Waals surface area contributed by atoms with Gasteiger partial charge in [0.25, 0.3) is 0 Å². The lowest BCUT2D eigenvalue weighted by atomic mass is 9.98. The van der Waals surface area contributed by atoms with E-state index in [2.05, 4.69) is 5.32 Å². The second-order valence-corrected chi connectivity index (χ2v) is 7.16. The van der Waals surface area contributed by atoms with Crippen molar-refractivity contribution in [1.29, 1.82) is 0 Å². The summed E-state index contributed by atoms with van der Waals surface area (Å²) in [5.74, 6) is -1.00. The molecule has 0 saturated carbocycles. The molecular formula is C19H30N2O5. The number of nitrogens with zero attached hydrogens (tertiary/aromatic N) is 1. The number of cyclic esters (lactones) is 1. The zero-order valence-corrected chi connectivity index (χ0v) is 15.5. The molecule has 0 unspecified atom stereocenters. The second-order valence-electron chi connectivity index (χ2n) is 7.16. The first-order chi connectivity index (χ1) is 12.5. The molecule has 2 heterocycles. The smallest absolute Gasteiger partial charge is 0.305 e. The first kappa shape index (κ1) is 20.4. The lowest BCUT2D eigenvalue weighted by Crippen LogP contribution is -2.43. The average molecular weight is 366 g/mol. The Hall–Kier alpha value is -1.89. The number of allylic oxidation sites excluding steroid dienone is 2. The SMILES string of the molecule is C[C@H]1COC(=O)CCCC=CC[C@H](CC(=O)N2CCC[C@H]2CO)C(=O)N1. The van der Waals surface area contributed by atoms with Crippen molar-refractivity contribution in [2.24, 2.45) is 5.92 Å². The highest BCUT2D eigenvalue weighted by atomic mass is 16.5. The molecule has 146 valence electrons. The zero-order valence-electron chi connectivity index (χ0n) is 15.5. The summed E-state index contributed by atoms with van der Waals surface area (Å²) < 4.78 is 5.16. The Labute approximate surface area is 154 Å². The van der Waals surface area contributed by atoms with Gasteiger partial charge in [-0.15, -0.1) is 0 Å². The number of carbonyl (C=O) groups is 3. The van der Waals surface area contributed by atoms with Crippen LogP contribution in [0, 0.1) is 5.92 Å². The number of hydrogen-bond donors (Lipinski definition) is 2. The highest BCUT2D eigenvalue weighted by Gasteiger charge is 2.31. The van der Waals surface area contributed by atoms with Gasteiger partial charge in [-0.2, -0.15) is 0 Å². The summed E-state index contributed by atoms with van der Waals surface area (Å²) in [6.45, 7) is 2.52. The van der Waals surface area contributed by atoms with Gasteiger partial charge in [-0.3, -0.25) is 14.4 Å². The molecule has 0 aromatic carbocycles. The number of amides is 2. The Balaban J connectivity index is 2.01. The minimum absolute atomic E-state index is 0.0368. The van der Waals surface area contributed by atoms with Crippen LogP contribution in [-0.4, -0.2) is 59.6 Å². The summed E-state index contributed by atoms with van der Waals surface area (Å²) in [4.78, 5) is 38.5. The monoisotopic (exact) mass is 366 g/mol. The van der Waals surface area contributed by atoms with Gasteiger partial charge in [-0.05, 0) is 39.0 Å². The van der Waals surface area contributed by atoms with Crippen LogP contribution in [0.5, 0.6) is 0 Å². The van der Waals surface area contributed by atoms with Gasteiger partial charge in [0.2, 0.25) is 11.8 Å². The molecule has 2 aliphatic rings. The molecule has 7 nitrogen and oxygen atoms in total. The average Bonchev–Trinajstić information content (AvgIpc) is 3.09. The molecule has 7 heteroatoms. The molecule has 26 heavy (non-hydrogen) atoms. The lowest BCUT2D eigenvalue weighted by molar-refractivity contribution is -0.145. The Kier molecular flexibility index (Phi) is 8.09. The number of likely N-dealkylation sites (tertiary alicyclic amines) is 1. The van der Waals surface area contributed by atoms with Gasteiger partial charge in [0, 0.05) is 19.4 Å². The third kappa shape index (κ3) is 6.12. The maximum Gasteiger partial charge on any atom is 0.305 e. The largest absolute Gasteiger partial charge is 0.464 e. The highest BCUT2D eigenvalue weighted by Crippen LogP contribution is 2.21. The molecule has 0 radical (unpaired) electrons. The first-order valence-electron chi connectivity index (χ1n) is 9.52. The molecular weight excluding hydrogens is 336 g/mol. The fourth-order valence-electron chi connectivity index (χ4n) is 3.40. The second kappa shape index (κ2) is 10.3. The lowest BCUT2D eigenvalue weighted by Gasteiger charge is -2.25. The van der Waals surface area contributed by atoms with E-state index in [-0.39, 0.29) is 49.5 Å². The minimum Gasteiger partial charge on any atom is -0.464 e. The Morgan fingerprint density at radius 1 is 1.35 bits per heavy atom. The summed E-state index contributed by atoms with van der Waals surface area (Å²) in [5, 5.41) is 12.2. The van der Waals surface area contributed by atoms with Gasteiger partial charge >= 0.3 is 5.97 Å². The molecule has 0 aromatic rings. The van der Waals surface area contributed by atoms with E-state index in [9.17, 15) is 19.5 Å². The van der Waals surface area contributed by atoms with Gasteiger partial charge in [0.15, 0.2) is 0 Å². The number of esters is 1. The first-order valence-corrected chi connectivity index (χ1v) is 9.52. The number of hydrogen-bond acceptors (Lipinski definition) is 5. The number of aliphatic hydroxyl groups excluding tert-OH is 1. The van der Waals surface area contributed by atoms with Gasteiger partial charge < -0.3 is 20.1 Å². The Morgan fingerprint density at radius 2 is 2.15 bits per heavy atom. The molecule has 0 aliphatic carbocycles. The van der Waals surface area contributed by atoms with E-state index in [1.54, 1.807) is 11.8 Å². The van der Waals surface area contributed by atoms with E-state index in [1.165, 1.54) is 0 Å². The molecule has 1 fully saturated rings. The predicted molar refractivity (Wildman–Crippen MR) is 96.1 cm³/mol. The molecule has 2 aliphatic heterocycles. The van der Waals surface area contributed by atoms with Gasteiger partial charge in [0.05, 0.1) is 24.6 Å². The molecule has 0 spiro atoms. The van der Waals surface area contributed by atoms with Crippen molar-refractivity contribution in [3.05, 3.63) is 12.2 Å². The standard InChI is InChI=1S/C19H30N2O5/c1-14-13-26-18(24)9-5-3-2-4-7-15(19(25)20-14)11-17(23)21-10-6-8-16(21)12-22/h2,4,14-16,22H,3,5-13H2,1H3,(H,20,25)/t14-,15+,16-/m0/s1. The van der Waals surface area contributed by atoms with E-state index >= 15 is 0 Å². The van der Waals surface area contributed by atoms with E-state index < -0.39 is 5.92 Å². The zero-order chi connectivity index (χ0) is 18.9. The summed E-state index contributed by atoms with van der Waals surface area (Å²) in [5.41, 5.74) is 0. The van der Waals surface area contributed by atoms with Crippen molar-refractivity contribution in [3.8, 4) is 0 Å². The fourth-order valence-corrected chi connectivity index (χ4v) is 3.40. The topological polar surface area (TPSA) is 95.9 Å². The highest BCUT2D eigenvalue weighted by molar-refractivity contribution is 5.86. The molecule has 2 rings (SSSR count). The van der Waals surface area contributed by atoms with Crippen LogP contribution in [0.15, 0.2) is 12.2 Å². The maximum absolute atomic E-state index is 12.6. The number of nitrogens with one attached hydrogen (secondary N) is 1. The van der Waals surface area contributed by atoms with Crippen LogP contribution in [0.25, 0.3) is 0 Å². The fraction of sp³-hybridized carbons (Fsp3) is 0.737. The summed E-state index contributed by atoms with van der Waals surface area (Å²) in [6, 6.07) is -0.431. The van der Waals surface area contributed by atoms with E-state index in [0.717, 1.165) is 19.3 Å². The number of rotatable bonds is 3. The van der Waals surface area contributed by atoms with Crippen molar-refractivity contribution >= 4 is 17.8 Å². The molecule has 0 aromatic heterocycles. The summed E-state index contributed by atoms with van der Waals surface area (Å²) in [6.07, 6.45) is 7.98. The van der Waals surface area contributed by atoms with E-state index in [0.29, 0.717) is 25.8 Å². The van der Waals surface area contributed by atoms with Crippen LogP contribution in [-0.2, 0) is 19.1 Å². The Bertz CT molecular complexity index is 534. The van der Waals surface area contributed by atoms with Crippen LogP contribution in [0.1, 0.15) is 51.9 Å².